The maximum absolute atomic E-state index is 12.3. The summed E-state index contributed by atoms with van der Waals surface area (Å²) in [7, 11) is 1.67. The number of hydrogen-bond acceptors (Lipinski definition) is 2. The second-order valence-corrected chi connectivity index (χ2v) is 6.37. The van der Waals surface area contributed by atoms with Crippen LogP contribution in [0.25, 0.3) is 0 Å². The quantitative estimate of drug-likeness (QED) is 0.875. The van der Waals surface area contributed by atoms with E-state index in [4.69, 9.17) is 11.6 Å². The molecule has 5 heteroatoms. The lowest BCUT2D eigenvalue weighted by molar-refractivity contribution is -0.155. The van der Waals surface area contributed by atoms with Crippen LogP contribution in [0.5, 0.6) is 0 Å². The third-order valence-electron chi connectivity index (χ3n) is 4.02. The fraction of sp³-hybridized carbons (Fsp3) is 0.500. The molecule has 1 rings (SSSR count). The summed E-state index contributed by atoms with van der Waals surface area (Å²) in [5, 5.41) is 9.99. The highest BCUT2D eigenvalue weighted by Crippen LogP contribution is 2.32. The number of rotatable bonds is 6. The van der Waals surface area contributed by atoms with Gasteiger partial charge in [-0.15, -0.1) is 0 Å². The average Bonchev–Trinajstić information content (AvgIpc) is 2.37. The van der Waals surface area contributed by atoms with Gasteiger partial charge in [0.2, 0.25) is 5.91 Å². The molecule has 0 saturated heterocycles. The third kappa shape index (κ3) is 4.46. The van der Waals surface area contributed by atoms with Gasteiger partial charge in [0.25, 0.3) is 0 Å². The van der Waals surface area contributed by atoms with Crippen molar-refractivity contribution >= 4 is 23.5 Å². The van der Waals surface area contributed by atoms with Gasteiger partial charge in [0.15, 0.2) is 0 Å². The fourth-order valence-corrected chi connectivity index (χ4v) is 2.19. The van der Waals surface area contributed by atoms with Crippen molar-refractivity contribution in [2.45, 2.75) is 33.7 Å². The minimum absolute atomic E-state index is 0.0168. The molecule has 0 bridgehead atoms. The Balaban J connectivity index is 2.77. The number of halogens is 1. The van der Waals surface area contributed by atoms with Gasteiger partial charge in [-0.2, -0.15) is 0 Å². The lowest BCUT2D eigenvalue weighted by atomic mass is 9.76. The van der Waals surface area contributed by atoms with Gasteiger partial charge in [0.05, 0.1) is 5.41 Å². The molecule has 0 aliphatic rings. The van der Waals surface area contributed by atoms with E-state index in [0.29, 0.717) is 11.6 Å². The Kier molecular flexibility index (Phi) is 5.78. The lowest BCUT2D eigenvalue weighted by Crippen LogP contribution is -2.39. The molecule has 116 valence electrons. The molecule has 1 aromatic carbocycles. The molecule has 0 saturated carbocycles. The van der Waals surface area contributed by atoms with Gasteiger partial charge in [-0.3, -0.25) is 9.59 Å². The van der Waals surface area contributed by atoms with Crippen LogP contribution >= 0.6 is 11.6 Å². The van der Waals surface area contributed by atoms with E-state index in [1.54, 1.807) is 26.1 Å². The Morgan fingerprint density at radius 1 is 1.38 bits per heavy atom. The number of carbonyl (C=O) groups excluding carboxylic acids is 1. The van der Waals surface area contributed by atoms with E-state index in [1.165, 1.54) is 4.90 Å². The molecule has 0 radical (unpaired) electrons. The second-order valence-electron chi connectivity index (χ2n) is 5.93. The molecular weight excluding hydrogens is 290 g/mol. The molecule has 0 spiro atoms. The summed E-state index contributed by atoms with van der Waals surface area (Å²) in [6.45, 7) is 5.66. The van der Waals surface area contributed by atoms with Gasteiger partial charge in [-0.05, 0) is 30.5 Å². The van der Waals surface area contributed by atoms with Gasteiger partial charge in [0, 0.05) is 25.0 Å². The molecule has 0 fully saturated rings. The number of hydrogen-bond donors (Lipinski definition) is 1. The van der Waals surface area contributed by atoms with Gasteiger partial charge < -0.3 is 10.0 Å². The van der Waals surface area contributed by atoms with Crippen LogP contribution in [0.2, 0.25) is 5.02 Å². The lowest BCUT2D eigenvalue weighted by Gasteiger charge is -2.30. The average molecular weight is 312 g/mol. The van der Waals surface area contributed by atoms with Gasteiger partial charge in [-0.25, -0.2) is 0 Å². The molecular formula is C16H22ClNO3. The monoisotopic (exact) mass is 311 g/mol. The summed E-state index contributed by atoms with van der Waals surface area (Å²) < 4.78 is 0. The molecule has 21 heavy (non-hydrogen) atoms. The van der Waals surface area contributed by atoms with Gasteiger partial charge >= 0.3 is 5.97 Å². The Morgan fingerprint density at radius 2 is 2.00 bits per heavy atom. The van der Waals surface area contributed by atoms with Crippen LogP contribution in [0.3, 0.4) is 0 Å². The zero-order valence-corrected chi connectivity index (χ0v) is 13.6. The number of aliphatic carboxylic acids is 1. The number of carboxylic acid groups (broad SMARTS) is 1. The molecule has 1 amide bonds. The van der Waals surface area contributed by atoms with E-state index in [2.05, 4.69) is 0 Å². The predicted octanol–water partition coefficient (Wildman–Crippen LogP) is 3.44. The van der Waals surface area contributed by atoms with Crippen molar-refractivity contribution in [2.24, 2.45) is 11.3 Å². The summed E-state index contributed by atoms with van der Waals surface area (Å²) in [5.74, 6) is -1.26. The zero-order valence-electron chi connectivity index (χ0n) is 12.9. The molecule has 1 atom stereocenters. The second kappa shape index (κ2) is 6.94. The summed E-state index contributed by atoms with van der Waals surface area (Å²) in [4.78, 5) is 25.3. The van der Waals surface area contributed by atoms with Crippen molar-refractivity contribution in [3.05, 3.63) is 34.9 Å². The van der Waals surface area contributed by atoms with Crippen LogP contribution in [0.15, 0.2) is 24.3 Å². The van der Waals surface area contributed by atoms with Crippen molar-refractivity contribution in [3.63, 3.8) is 0 Å². The fourth-order valence-electron chi connectivity index (χ4n) is 1.97. The van der Waals surface area contributed by atoms with Crippen molar-refractivity contribution in [1.82, 2.24) is 4.90 Å². The van der Waals surface area contributed by atoms with Gasteiger partial charge in [0.1, 0.15) is 0 Å². The van der Waals surface area contributed by atoms with Crippen LogP contribution < -0.4 is 0 Å². The molecule has 0 heterocycles. The first kappa shape index (κ1) is 17.5. The van der Waals surface area contributed by atoms with Crippen LogP contribution in [-0.4, -0.2) is 28.9 Å². The Morgan fingerprint density at radius 3 is 2.48 bits per heavy atom. The SMILES string of the molecule is CC(C)C(C)(CC(=O)N(C)Cc1cccc(Cl)c1)C(=O)O. The number of amides is 1. The number of benzene rings is 1. The van der Waals surface area contributed by atoms with Crippen molar-refractivity contribution in [1.29, 1.82) is 0 Å². The number of nitrogens with zero attached hydrogens (tertiary/aromatic N) is 1. The summed E-state index contributed by atoms with van der Waals surface area (Å²) in [6.07, 6.45) is -0.0168. The molecule has 4 nitrogen and oxygen atoms in total. The van der Waals surface area contributed by atoms with E-state index in [0.717, 1.165) is 5.56 Å². The largest absolute Gasteiger partial charge is 0.481 e. The van der Waals surface area contributed by atoms with E-state index in [-0.39, 0.29) is 18.2 Å². The smallest absolute Gasteiger partial charge is 0.310 e. The third-order valence-corrected chi connectivity index (χ3v) is 4.25. The Hall–Kier alpha value is -1.55. The Labute approximate surface area is 130 Å². The van der Waals surface area contributed by atoms with Crippen molar-refractivity contribution in [2.75, 3.05) is 7.05 Å². The highest BCUT2D eigenvalue weighted by Gasteiger charge is 2.39. The normalized spacial score (nSPS) is 13.8. The van der Waals surface area contributed by atoms with Crippen molar-refractivity contribution in [3.8, 4) is 0 Å². The Bertz CT molecular complexity index is 530. The minimum atomic E-state index is -1.06. The topological polar surface area (TPSA) is 57.6 Å². The van der Waals surface area contributed by atoms with Crippen LogP contribution in [0, 0.1) is 11.3 Å². The van der Waals surface area contributed by atoms with Crippen LogP contribution in [0.1, 0.15) is 32.8 Å². The molecule has 0 aromatic heterocycles. The van der Waals surface area contributed by atoms with Gasteiger partial charge in [-0.1, -0.05) is 37.6 Å². The first-order chi connectivity index (χ1) is 9.66. The standard InChI is InChI=1S/C16H22ClNO3/c1-11(2)16(3,15(20)21)9-14(19)18(4)10-12-6-5-7-13(17)8-12/h5-8,11H,9-10H2,1-4H3,(H,20,21). The minimum Gasteiger partial charge on any atom is -0.481 e. The zero-order chi connectivity index (χ0) is 16.2. The summed E-state index contributed by atoms with van der Waals surface area (Å²) >= 11 is 5.92. The van der Waals surface area contributed by atoms with Crippen molar-refractivity contribution < 1.29 is 14.7 Å². The molecule has 1 N–H and O–H groups in total. The molecule has 1 aromatic rings. The highest BCUT2D eigenvalue weighted by molar-refractivity contribution is 6.30. The molecule has 0 aliphatic carbocycles. The summed E-state index contributed by atoms with van der Waals surface area (Å²) in [6, 6.07) is 7.28. The van der Waals surface area contributed by atoms with E-state index in [1.807, 2.05) is 26.0 Å². The number of carboxylic acids is 1. The van der Waals surface area contributed by atoms with Crippen LogP contribution in [-0.2, 0) is 16.1 Å². The maximum Gasteiger partial charge on any atom is 0.310 e. The summed E-state index contributed by atoms with van der Waals surface area (Å²) in [5.41, 5.74) is -0.139. The maximum atomic E-state index is 12.3. The first-order valence-electron chi connectivity index (χ1n) is 6.88. The van der Waals surface area contributed by atoms with E-state index < -0.39 is 11.4 Å². The predicted molar refractivity (Wildman–Crippen MR) is 83.1 cm³/mol. The first-order valence-corrected chi connectivity index (χ1v) is 7.26. The molecule has 0 aliphatic heterocycles. The number of carbonyl (C=O) groups is 2. The highest BCUT2D eigenvalue weighted by atomic mass is 35.5. The van der Waals surface area contributed by atoms with Crippen LogP contribution in [0.4, 0.5) is 0 Å². The molecule has 1 unspecified atom stereocenters. The van der Waals surface area contributed by atoms with E-state index in [9.17, 15) is 14.7 Å². The van der Waals surface area contributed by atoms with E-state index >= 15 is 0 Å².